The molecule has 0 aliphatic rings. The molecule has 1 N–H and O–H groups in total. The SMILES string of the molecule is COc1ccc2nc(N[C@H](c3ccc(F)cc3)P(=O)(OC)OC)sc2c1. The first kappa shape index (κ1) is 18.8. The molecule has 3 rings (SSSR count). The van der Waals surface area contributed by atoms with Gasteiger partial charge in [0.05, 0.1) is 17.3 Å². The molecule has 0 aliphatic carbocycles. The number of halogens is 1. The van der Waals surface area contributed by atoms with Crippen LogP contribution < -0.4 is 10.1 Å². The molecule has 3 aromatic rings. The van der Waals surface area contributed by atoms with Crippen LogP contribution in [-0.2, 0) is 13.6 Å². The summed E-state index contributed by atoms with van der Waals surface area (Å²) in [5.41, 5.74) is 1.34. The summed E-state index contributed by atoms with van der Waals surface area (Å²) < 4.78 is 42.7. The highest BCUT2D eigenvalue weighted by Crippen LogP contribution is 2.59. The van der Waals surface area contributed by atoms with Gasteiger partial charge >= 0.3 is 7.60 Å². The van der Waals surface area contributed by atoms with E-state index in [0.29, 0.717) is 10.7 Å². The van der Waals surface area contributed by atoms with Crippen LogP contribution in [0.3, 0.4) is 0 Å². The smallest absolute Gasteiger partial charge is 0.356 e. The molecule has 0 saturated carbocycles. The number of fused-ring (bicyclic) bond motifs is 1. The summed E-state index contributed by atoms with van der Waals surface area (Å²) in [5.74, 6) is -0.493. The molecule has 1 atom stereocenters. The molecule has 0 bridgehead atoms. The van der Waals surface area contributed by atoms with Crippen molar-refractivity contribution in [1.29, 1.82) is 0 Å². The van der Waals surface area contributed by atoms with Crippen molar-refractivity contribution in [2.75, 3.05) is 26.6 Å². The molecule has 1 heterocycles. The lowest BCUT2D eigenvalue weighted by atomic mass is 10.2. The predicted octanol–water partition coefficient (Wildman–Crippen LogP) is 5.04. The van der Waals surface area contributed by atoms with Crippen molar-refractivity contribution in [3.8, 4) is 5.75 Å². The van der Waals surface area contributed by atoms with Crippen LogP contribution >= 0.6 is 18.9 Å². The molecule has 0 amide bonds. The Bertz CT molecular complexity index is 940. The monoisotopic (exact) mass is 396 g/mol. The van der Waals surface area contributed by atoms with Gasteiger partial charge in [0.25, 0.3) is 0 Å². The Labute approximate surface area is 154 Å². The number of aromatic nitrogens is 1. The van der Waals surface area contributed by atoms with Gasteiger partial charge in [0.1, 0.15) is 11.6 Å². The molecule has 0 fully saturated rings. The second-order valence-electron chi connectivity index (χ2n) is 5.36. The zero-order valence-electron chi connectivity index (χ0n) is 14.4. The van der Waals surface area contributed by atoms with Gasteiger partial charge in [-0.05, 0) is 35.9 Å². The minimum Gasteiger partial charge on any atom is -0.497 e. The summed E-state index contributed by atoms with van der Waals surface area (Å²) in [4.78, 5) is 4.50. The first-order chi connectivity index (χ1) is 12.5. The number of ether oxygens (including phenoxy) is 1. The summed E-state index contributed by atoms with van der Waals surface area (Å²) in [6.07, 6.45) is 0. The fourth-order valence-electron chi connectivity index (χ4n) is 2.49. The first-order valence-corrected chi connectivity index (χ1v) is 10.1. The Balaban J connectivity index is 2.00. The molecule has 1 aromatic heterocycles. The van der Waals surface area contributed by atoms with Gasteiger partial charge in [0.2, 0.25) is 0 Å². The Morgan fingerprint density at radius 1 is 1.12 bits per heavy atom. The van der Waals surface area contributed by atoms with Gasteiger partial charge in [-0.25, -0.2) is 9.37 Å². The number of thiazole rings is 1. The van der Waals surface area contributed by atoms with Gasteiger partial charge in [-0.1, -0.05) is 23.5 Å². The molecule has 26 heavy (non-hydrogen) atoms. The number of hydrogen-bond acceptors (Lipinski definition) is 7. The van der Waals surface area contributed by atoms with Crippen molar-refractivity contribution >= 4 is 34.3 Å². The maximum absolute atomic E-state index is 13.3. The topological polar surface area (TPSA) is 69.7 Å². The van der Waals surface area contributed by atoms with Crippen LogP contribution in [0, 0.1) is 5.82 Å². The van der Waals surface area contributed by atoms with Crippen LogP contribution in [0.4, 0.5) is 9.52 Å². The number of nitrogens with zero attached hydrogens (tertiary/aromatic N) is 1. The summed E-state index contributed by atoms with van der Waals surface area (Å²) in [6, 6.07) is 11.2. The standard InChI is InChI=1S/C17H18FN2O4PS/c1-22-13-8-9-14-15(10-13)26-17(19-14)20-16(25(21,23-2)24-3)11-4-6-12(18)7-5-11/h4-10,16H,1-3H3,(H,19,20)/t16-/m0/s1. The Morgan fingerprint density at radius 3 is 2.42 bits per heavy atom. The van der Waals surface area contributed by atoms with E-state index in [0.717, 1.165) is 16.0 Å². The van der Waals surface area contributed by atoms with Crippen molar-refractivity contribution < 1.29 is 22.7 Å². The van der Waals surface area contributed by atoms with Gasteiger partial charge in [0, 0.05) is 14.2 Å². The molecule has 0 unspecified atom stereocenters. The van der Waals surface area contributed by atoms with Crippen LogP contribution in [0.2, 0.25) is 0 Å². The molecule has 6 nitrogen and oxygen atoms in total. The molecule has 0 spiro atoms. The number of benzene rings is 2. The predicted molar refractivity (Wildman–Crippen MR) is 101 cm³/mol. The second kappa shape index (κ2) is 7.72. The van der Waals surface area contributed by atoms with E-state index in [-0.39, 0.29) is 5.82 Å². The lowest BCUT2D eigenvalue weighted by Crippen LogP contribution is -2.13. The number of methoxy groups -OCH3 is 1. The average molecular weight is 396 g/mol. The third-order valence-corrected chi connectivity index (χ3v) is 6.89. The molecular formula is C17H18FN2O4PS. The average Bonchev–Trinajstić information content (AvgIpc) is 3.08. The first-order valence-electron chi connectivity index (χ1n) is 7.67. The fraction of sp³-hybridized carbons (Fsp3) is 0.235. The van der Waals surface area contributed by atoms with Gasteiger partial charge < -0.3 is 19.1 Å². The van der Waals surface area contributed by atoms with Crippen LogP contribution in [0.1, 0.15) is 11.3 Å². The molecule has 0 aliphatic heterocycles. The van der Waals surface area contributed by atoms with Gasteiger partial charge in [-0.2, -0.15) is 0 Å². The summed E-state index contributed by atoms with van der Waals surface area (Å²) in [5, 5.41) is 3.65. The molecule has 138 valence electrons. The van der Waals surface area contributed by atoms with Crippen LogP contribution in [0.15, 0.2) is 42.5 Å². The van der Waals surface area contributed by atoms with E-state index in [1.165, 1.54) is 49.8 Å². The van der Waals surface area contributed by atoms with Gasteiger partial charge in [0.15, 0.2) is 10.9 Å². The maximum Gasteiger partial charge on any atom is 0.356 e. The minimum absolute atomic E-state index is 0.385. The summed E-state index contributed by atoms with van der Waals surface area (Å²) in [6.45, 7) is 0. The minimum atomic E-state index is -3.54. The maximum atomic E-state index is 13.3. The zero-order valence-corrected chi connectivity index (χ0v) is 16.1. The molecule has 0 radical (unpaired) electrons. The molecule has 0 saturated heterocycles. The van der Waals surface area contributed by atoms with Gasteiger partial charge in [-0.3, -0.25) is 4.57 Å². The third-order valence-electron chi connectivity index (χ3n) is 3.87. The van der Waals surface area contributed by atoms with Crippen molar-refractivity contribution in [2.45, 2.75) is 5.78 Å². The Morgan fingerprint density at radius 2 is 1.81 bits per heavy atom. The number of hydrogen-bond donors (Lipinski definition) is 1. The van der Waals surface area contributed by atoms with E-state index in [2.05, 4.69) is 10.3 Å². The highest BCUT2D eigenvalue weighted by Gasteiger charge is 2.36. The van der Waals surface area contributed by atoms with Crippen molar-refractivity contribution in [2.24, 2.45) is 0 Å². The largest absolute Gasteiger partial charge is 0.497 e. The molecular weight excluding hydrogens is 378 g/mol. The van der Waals surface area contributed by atoms with E-state index >= 15 is 0 Å². The molecule has 9 heteroatoms. The molecule has 2 aromatic carbocycles. The third kappa shape index (κ3) is 3.73. The summed E-state index contributed by atoms with van der Waals surface area (Å²) >= 11 is 1.38. The van der Waals surface area contributed by atoms with Gasteiger partial charge in [-0.15, -0.1) is 0 Å². The van der Waals surface area contributed by atoms with E-state index < -0.39 is 13.4 Å². The quantitative estimate of drug-likeness (QED) is 0.564. The van der Waals surface area contributed by atoms with Crippen molar-refractivity contribution in [3.05, 3.63) is 53.8 Å². The van der Waals surface area contributed by atoms with Crippen molar-refractivity contribution in [1.82, 2.24) is 4.98 Å². The van der Waals surface area contributed by atoms with Crippen LogP contribution in [0.25, 0.3) is 10.2 Å². The second-order valence-corrected chi connectivity index (χ2v) is 8.71. The number of rotatable bonds is 7. The Hall–Kier alpha value is -1.99. The number of nitrogens with one attached hydrogen (secondary N) is 1. The highest BCUT2D eigenvalue weighted by molar-refractivity contribution is 7.54. The van der Waals surface area contributed by atoms with E-state index in [1.807, 2.05) is 18.2 Å². The van der Waals surface area contributed by atoms with E-state index in [1.54, 1.807) is 7.11 Å². The Kier molecular flexibility index (Phi) is 5.58. The van der Waals surface area contributed by atoms with Crippen LogP contribution in [0.5, 0.6) is 5.75 Å². The van der Waals surface area contributed by atoms with Crippen molar-refractivity contribution in [3.63, 3.8) is 0 Å². The normalized spacial score (nSPS) is 12.9. The highest BCUT2D eigenvalue weighted by atomic mass is 32.1. The lowest BCUT2D eigenvalue weighted by Gasteiger charge is -2.25. The van der Waals surface area contributed by atoms with E-state index in [9.17, 15) is 8.96 Å². The lowest BCUT2D eigenvalue weighted by molar-refractivity contribution is 0.268. The zero-order chi connectivity index (χ0) is 18.7. The van der Waals surface area contributed by atoms with Crippen LogP contribution in [-0.4, -0.2) is 26.3 Å². The van der Waals surface area contributed by atoms with E-state index in [4.69, 9.17) is 13.8 Å². The number of anilines is 1. The fourth-order valence-corrected chi connectivity index (χ4v) is 4.88. The summed E-state index contributed by atoms with van der Waals surface area (Å²) in [7, 11) is 0.675.